The first-order valence-electron chi connectivity index (χ1n) is 7.50. The lowest BCUT2D eigenvalue weighted by atomic mass is 10.1. The Hall–Kier alpha value is -2.27. The summed E-state index contributed by atoms with van der Waals surface area (Å²) in [5.41, 5.74) is 2.03. The highest BCUT2D eigenvalue weighted by Gasteiger charge is 2.22. The van der Waals surface area contributed by atoms with Crippen LogP contribution >= 0.6 is 11.8 Å². The molecule has 0 radical (unpaired) electrons. The van der Waals surface area contributed by atoms with Crippen LogP contribution in [0.3, 0.4) is 0 Å². The lowest BCUT2D eigenvalue weighted by Gasteiger charge is -2.16. The molecule has 2 rings (SSSR count). The fraction of sp³-hybridized carbons (Fsp3) is 0.222. The minimum absolute atomic E-state index is 0.303. The molecule has 0 saturated carbocycles. The molecule has 0 aromatic heterocycles. The first kappa shape index (κ1) is 17.1. The van der Waals surface area contributed by atoms with E-state index < -0.39 is 11.3 Å². The third-order valence-electron chi connectivity index (χ3n) is 3.17. The van der Waals surface area contributed by atoms with E-state index in [1.54, 1.807) is 0 Å². The van der Waals surface area contributed by atoms with Crippen molar-refractivity contribution in [2.75, 3.05) is 6.54 Å². The Bertz CT molecular complexity index is 632. The Kier molecular flexibility index (Phi) is 6.69. The summed E-state index contributed by atoms with van der Waals surface area (Å²) in [7, 11) is 0. The third-order valence-corrected chi connectivity index (χ3v) is 4.49. The fourth-order valence-electron chi connectivity index (χ4n) is 2.09. The number of hydrogen-bond donors (Lipinski definition) is 2. The number of rotatable bonds is 6. The van der Waals surface area contributed by atoms with Gasteiger partial charge in [-0.25, -0.2) is 4.79 Å². The topological polar surface area (TPSA) is 58.2 Å². The molecule has 2 aromatic rings. The maximum absolute atomic E-state index is 12.5. The number of urea groups is 1. The molecule has 2 aromatic carbocycles. The SMILES string of the molecule is CCNC(=O)NC(=O)[C@H](SCc1ccccc1)c1ccccc1. The van der Waals surface area contributed by atoms with Gasteiger partial charge in [0.25, 0.3) is 0 Å². The Labute approximate surface area is 140 Å². The van der Waals surface area contributed by atoms with Gasteiger partial charge in [0, 0.05) is 12.3 Å². The van der Waals surface area contributed by atoms with E-state index in [0.717, 1.165) is 11.1 Å². The molecule has 0 fully saturated rings. The Morgan fingerprint density at radius 3 is 2.22 bits per heavy atom. The van der Waals surface area contributed by atoms with Gasteiger partial charge in [0.05, 0.1) is 0 Å². The molecule has 0 unspecified atom stereocenters. The van der Waals surface area contributed by atoms with E-state index in [9.17, 15) is 9.59 Å². The number of thioether (sulfide) groups is 1. The third kappa shape index (κ3) is 5.45. The summed E-state index contributed by atoms with van der Waals surface area (Å²) in [6, 6.07) is 19.0. The van der Waals surface area contributed by atoms with Crippen molar-refractivity contribution >= 4 is 23.7 Å². The molecule has 0 aliphatic carbocycles. The number of hydrogen-bond acceptors (Lipinski definition) is 3. The van der Waals surface area contributed by atoms with E-state index in [-0.39, 0.29) is 5.91 Å². The number of amides is 3. The van der Waals surface area contributed by atoms with Gasteiger partial charge in [-0.3, -0.25) is 10.1 Å². The zero-order valence-corrected chi connectivity index (χ0v) is 13.8. The highest BCUT2D eigenvalue weighted by atomic mass is 32.2. The van der Waals surface area contributed by atoms with E-state index in [1.165, 1.54) is 11.8 Å². The van der Waals surface area contributed by atoms with Crippen LogP contribution in [0.25, 0.3) is 0 Å². The zero-order valence-electron chi connectivity index (χ0n) is 13.0. The number of carbonyl (C=O) groups is 2. The molecular weight excluding hydrogens is 308 g/mol. The average molecular weight is 328 g/mol. The smallest absolute Gasteiger partial charge is 0.321 e. The molecule has 23 heavy (non-hydrogen) atoms. The molecule has 0 heterocycles. The van der Waals surface area contributed by atoms with Gasteiger partial charge < -0.3 is 5.32 Å². The minimum atomic E-state index is -0.459. The van der Waals surface area contributed by atoms with Crippen LogP contribution in [0.15, 0.2) is 60.7 Å². The van der Waals surface area contributed by atoms with Crippen molar-refractivity contribution in [3.05, 3.63) is 71.8 Å². The Morgan fingerprint density at radius 2 is 1.61 bits per heavy atom. The molecule has 0 saturated heterocycles. The van der Waals surface area contributed by atoms with Gasteiger partial charge in [0.2, 0.25) is 5.91 Å². The molecule has 120 valence electrons. The maximum Gasteiger partial charge on any atom is 0.321 e. The van der Waals surface area contributed by atoms with Gasteiger partial charge in [0.15, 0.2) is 0 Å². The van der Waals surface area contributed by atoms with Crippen molar-refractivity contribution in [1.82, 2.24) is 10.6 Å². The summed E-state index contributed by atoms with van der Waals surface area (Å²) in [4.78, 5) is 24.1. The fourth-order valence-corrected chi connectivity index (χ4v) is 3.20. The molecule has 0 aliphatic heterocycles. The molecular formula is C18H20N2O2S. The molecule has 0 spiro atoms. The number of benzene rings is 2. The van der Waals surface area contributed by atoms with E-state index >= 15 is 0 Å². The van der Waals surface area contributed by atoms with E-state index in [4.69, 9.17) is 0 Å². The molecule has 4 nitrogen and oxygen atoms in total. The molecule has 3 amide bonds. The van der Waals surface area contributed by atoms with Crippen LogP contribution in [-0.2, 0) is 10.5 Å². The van der Waals surface area contributed by atoms with Crippen LogP contribution in [0.5, 0.6) is 0 Å². The molecule has 0 aliphatic rings. The van der Waals surface area contributed by atoms with Crippen molar-refractivity contribution in [2.24, 2.45) is 0 Å². The van der Waals surface area contributed by atoms with Crippen LogP contribution in [0.4, 0.5) is 4.79 Å². The van der Waals surface area contributed by atoms with Gasteiger partial charge >= 0.3 is 6.03 Å². The van der Waals surface area contributed by atoms with Crippen LogP contribution < -0.4 is 10.6 Å². The maximum atomic E-state index is 12.5. The highest BCUT2D eigenvalue weighted by molar-refractivity contribution is 7.99. The average Bonchev–Trinajstić information content (AvgIpc) is 2.57. The van der Waals surface area contributed by atoms with Gasteiger partial charge in [-0.15, -0.1) is 11.8 Å². The molecule has 1 atom stereocenters. The molecule has 2 N–H and O–H groups in total. The summed E-state index contributed by atoms with van der Waals surface area (Å²) in [6.45, 7) is 2.29. The minimum Gasteiger partial charge on any atom is -0.338 e. The van der Waals surface area contributed by atoms with Gasteiger partial charge in [0.1, 0.15) is 5.25 Å². The summed E-state index contributed by atoms with van der Waals surface area (Å²) >= 11 is 1.50. The second-order valence-electron chi connectivity index (χ2n) is 4.94. The highest BCUT2D eigenvalue weighted by Crippen LogP contribution is 2.31. The van der Waals surface area contributed by atoms with Gasteiger partial charge in [-0.05, 0) is 18.1 Å². The number of carbonyl (C=O) groups excluding carboxylic acids is 2. The van der Waals surface area contributed by atoms with Crippen molar-refractivity contribution in [1.29, 1.82) is 0 Å². The first-order valence-corrected chi connectivity index (χ1v) is 8.54. The summed E-state index contributed by atoms with van der Waals surface area (Å²) < 4.78 is 0. The Morgan fingerprint density at radius 1 is 1.00 bits per heavy atom. The lowest BCUT2D eigenvalue weighted by molar-refractivity contribution is -0.119. The van der Waals surface area contributed by atoms with E-state index in [1.807, 2.05) is 67.6 Å². The van der Waals surface area contributed by atoms with Crippen molar-refractivity contribution in [3.8, 4) is 0 Å². The predicted octanol–water partition coefficient (Wildman–Crippen LogP) is 3.51. The van der Waals surface area contributed by atoms with Crippen LogP contribution in [-0.4, -0.2) is 18.5 Å². The van der Waals surface area contributed by atoms with Gasteiger partial charge in [-0.2, -0.15) is 0 Å². The van der Waals surface area contributed by atoms with Crippen molar-refractivity contribution < 1.29 is 9.59 Å². The number of nitrogens with one attached hydrogen (secondary N) is 2. The molecule has 0 bridgehead atoms. The van der Waals surface area contributed by atoms with Crippen LogP contribution in [0, 0.1) is 0 Å². The van der Waals surface area contributed by atoms with E-state index in [2.05, 4.69) is 10.6 Å². The van der Waals surface area contributed by atoms with Gasteiger partial charge in [-0.1, -0.05) is 60.7 Å². The molecule has 5 heteroatoms. The monoisotopic (exact) mass is 328 g/mol. The van der Waals surface area contributed by atoms with Crippen LogP contribution in [0.1, 0.15) is 23.3 Å². The predicted molar refractivity (Wildman–Crippen MR) is 94.1 cm³/mol. The quantitative estimate of drug-likeness (QED) is 0.853. The van der Waals surface area contributed by atoms with E-state index in [0.29, 0.717) is 12.3 Å². The summed E-state index contributed by atoms with van der Waals surface area (Å²) in [6.07, 6.45) is 0. The second-order valence-corrected chi connectivity index (χ2v) is 6.03. The summed E-state index contributed by atoms with van der Waals surface area (Å²) in [5.74, 6) is 0.395. The normalized spacial score (nSPS) is 11.5. The second kappa shape index (κ2) is 9.00. The summed E-state index contributed by atoms with van der Waals surface area (Å²) in [5, 5.41) is 4.55. The Balaban J connectivity index is 2.09. The number of imide groups is 1. The zero-order chi connectivity index (χ0) is 16.5. The largest absolute Gasteiger partial charge is 0.338 e. The lowest BCUT2D eigenvalue weighted by Crippen LogP contribution is -2.41. The van der Waals surface area contributed by atoms with Crippen LogP contribution in [0.2, 0.25) is 0 Å². The first-order chi connectivity index (χ1) is 11.2. The standard InChI is InChI=1S/C18H20N2O2S/c1-2-19-18(22)20-17(21)16(15-11-7-4-8-12-15)23-13-14-9-5-3-6-10-14/h3-12,16H,2,13H2,1H3,(H2,19,20,21,22)/t16-/m1/s1. The van der Waals surface area contributed by atoms with Crippen molar-refractivity contribution in [2.45, 2.75) is 17.9 Å². The van der Waals surface area contributed by atoms with Crippen molar-refractivity contribution in [3.63, 3.8) is 0 Å².